The third kappa shape index (κ3) is 2.29. The zero-order valence-electron chi connectivity index (χ0n) is 11.0. The molecule has 0 atom stereocenters. The van der Waals surface area contributed by atoms with E-state index >= 15 is 0 Å². The second kappa shape index (κ2) is 4.47. The van der Waals surface area contributed by atoms with Crippen LogP contribution in [0.15, 0.2) is 12.3 Å². The molecule has 1 aromatic heterocycles. The number of hydrogen-bond donors (Lipinski definition) is 2. The number of carbonyl (C=O) groups excluding carboxylic acids is 1. The van der Waals surface area contributed by atoms with E-state index in [4.69, 9.17) is 0 Å². The second-order valence-electron chi connectivity index (χ2n) is 5.59. The van der Waals surface area contributed by atoms with E-state index in [9.17, 15) is 9.18 Å². The van der Waals surface area contributed by atoms with Gasteiger partial charge in [0.05, 0.1) is 5.56 Å². The van der Waals surface area contributed by atoms with Gasteiger partial charge in [-0.2, -0.15) is 0 Å². The number of pyridine rings is 1. The Labute approximate surface area is 111 Å². The summed E-state index contributed by atoms with van der Waals surface area (Å²) in [5.74, 6) is -0.0407. The van der Waals surface area contributed by atoms with Crippen molar-refractivity contribution in [1.29, 1.82) is 0 Å². The van der Waals surface area contributed by atoms with Crippen molar-refractivity contribution < 1.29 is 9.18 Å². The van der Waals surface area contributed by atoms with Crippen molar-refractivity contribution in [3.8, 4) is 0 Å². The van der Waals surface area contributed by atoms with Gasteiger partial charge in [0.15, 0.2) is 11.6 Å². The highest BCUT2D eigenvalue weighted by atomic mass is 19.1. The number of carbonyl (C=O) groups is 1. The van der Waals surface area contributed by atoms with E-state index in [0.29, 0.717) is 12.0 Å². The molecule has 5 heteroatoms. The first-order valence-electron chi connectivity index (χ1n) is 6.77. The third-order valence-corrected chi connectivity index (χ3v) is 4.31. The van der Waals surface area contributed by atoms with Crippen molar-refractivity contribution in [3.05, 3.63) is 23.6 Å². The topological polar surface area (TPSA) is 54.0 Å². The van der Waals surface area contributed by atoms with Crippen LogP contribution in [0.5, 0.6) is 0 Å². The summed E-state index contributed by atoms with van der Waals surface area (Å²) in [6.07, 6.45) is 6.39. The first-order chi connectivity index (χ1) is 9.16. The monoisotopic (exact) mass is 263 g/mol. The molecule has 0 bridgehead atoms. The van der Waals surface area contributed by atoms with Gasteiger partial charge in [0.1, 0.15) is 0 Å². The molecule has 0 spiro atoms. The number of aromatic nitrogens is 1. The molecular weight excluding hydrogens is 245 g/mol. The number of nitrogens with zero attached hydrogens (tertiary/aromatic N) is 1. The SMILES string of the molecule is CNc1nccc(C(=O)NCC2(C3CC3)CC2)c1F. The van der Waals surface area contributed by atoms with Crippen LogP contribution in [0.1, 0.15) is 36.0 Å². The van der Waals surface area contributed by atoms with Crippen LogP contribution in [0, 0.1) is 17.2 Å². The van der Waals surface area contributed by atoms with Gasteiger partial charge < -0.3 is 10.6 Å². The van der Waals surface area contributed by atoms with Crippen molar-refractivity contribution in [2.24, 2.45) is 11.3 Å². The van der Waals surface area contributed by atoms with Gasteiger partial charge in [-0.15, -0.1) is 0 Å². The standard InChI is InChI=1S/C14H18FN3O/c1-16-12-11(15)10(4-7-17-12)13(19)18-8-14(5-6-14)9-2-3-9/h4,7,9H,2-3,5-6,8H2,1H3,(H,16,17)(H,18,19). The zero-order valence-corrected chi connectivity index (χ0v) is 11.0. The third-order valence-electron chi connectivity index (χ3n) is 4.31. The van der Waals surface area contributed by atoms with Crippen LogP contribution >= 0.6 is 0 Å². The van der Waals surface area contributed by atoms with Crippen LogP contribution < -0.4 is 10.6 Å². The summed E-state index contributed by atoms with van der Waals surface area (Å²) in [5.41, 5.74) is 0.385. The van der Waals surface area contributed by atoms with Crippen LogP contribution in [0.25, 0.3) is 0 Å². The highest BCUT2D eigenvalue weighted by Crippen LogP contribution is 2.60. The molecule has 0 saturated heterocycles. The minimum absolute atomic E-state index is 0.0611. The normalized spacial score (nSPS) is 19.9. The largest absolute Gasteiger partial charge is 0.371 e. The summed E-state index contributed by atoms with van der Waals surface area (Å²) in [6.45, 7) is 0.674. The van der Waals surface area contributed by atoms with Crippen LogP contribution in [-0.4, -0.2) is 24.5 Å². The van der Waals surface area contributed by atoms with Gasteiger partial charge in [0, 0.05) is 19.8 Å². The van der Waals surface area contributed by atoms with Gasteiger partial charge in [0.2, 0.25) is 0 Å². The predicted molar refractivity (Wildman–Crippen MR) is 70.5 cm³/mol. The molecule has 1 aromatic rings. The summed E-state index contributed by atoms with van der Waals surface area (Å²) in [4.78, 5) is 15.9. The van der Waals surface area contributed by atoms with E-state index in [0.717, 1.165) is 5.92 Å². The lowest BCUT2D eigenvalue weighted by Gasteiger charge is -2.15. The molecule has 0 unspecified atom stereocenters. The molecule has 2 fully saturated rings. The van der Waals surface area contributed by atoms with Gasteiger partial charge in [-0.1, -0.05) is 0 Å². The summed E-state index contributed by atoms with van der Waals surface area (Å²) in [7, 11) is 1.58. The molecule has 1 heterocycles. The Balaban J connectivity index is 1.67. The van der Waals surface area contributed by atoms with Gasteiger partial charge >= 0.3 is 0 Å². The van der Waals surface area contributed by atoms with Crippen molar-refractivity contribution in [3.63, 3.8) is 0 Å². The fourth-order valence-electron chi connectivity index (χ4n) is 2.73. The lowest BCUT2D eigenvalue weighted by molar-refractivity contribution is 0.0938. The molecule has 0 aromatic carbocycles. The molecule has 2 aliphatic rings. The smallest absolute Gasteiger partial charge is 0.254 e. The van der Waals surface area contributed by atoms with Crippen molar-refractivity contribution >= 4 is 11.7 Å². The summed E-state index contributed by atoms with van der Waals surface area (Å²) >= 11 is 0. The maximum Gasteiger partial charge on any atom is 0.254 e. The number of rotatable bonds is 5. The van der Waals surface area contributed by atoms with Gasteiger partial charge in [-0.05, 0) is 43.1 Å². The molecule has 19 heavy (non-hydrogen) atoms. The number of halogens is 1. The van der Waals surface area contributed by atoms with E-state index in [2.05, 4.69) is 15.6 Å². The highest BCUT2D eigenvalue weighted by Gasteiger charge is 2.53. The number of hydrogen-bond acceptors (Lipinski definition) is 3. The molecule has 2 saturated carbocycles. The fourth-order valence-corrected chi connectivity index (χ4v) is 2.73. The summed E-state index contributed by atoms with van der Waals surface area (Å²) in [6, 6.07) is 1.42. The molecule has 102 valence electrons. The maximum atomic E-state index is 13.9. The van der Waals surface area contributed by atoms with Crippen LogP contribution in [0.2, 0.25) is 0 Å². The molecular formula is C14H18FN3O. The molecule has 0 aliphatic heterocycles. The first kappa shape index (κ1) is 12.4. The molecule has 2 N–H and O–H groups in total. The fraction of sp³-hybridized carbons (Fsp3) is 0.571. The van der Waals surface area contributed by atoms with Crippen LogP contribution in [-0.2, 0) is 0 Å². The highest BCUT2D eigenvalue weighted by molar-refractivity contribution is 5.95. The van der Waals surface area contributed by atoms with E-state index in [1.807, 2.05) is 0 Å². The molecule has 0 radical (unpaired) electrons. The Morgan fingerprint density at radius 3 is 2.84 bits per heavy atom. The minimum atomic E-state index is -0.584. The first-order valence-corrected chi connectivity index (χ1v) is 6.77. The lowest BCUT2D eigenvalue weighted by atomic mass is 10.0. The Kier molecular flexibility index (Phi) is 2.92. The van der Waals surface area contributed by atoms with Crippen LogP contribution in [0.3, 0.4) is 0 Å². The Bertz CT molecular complexity index is 509. The molecule has 4 nitrogen and oxygen atoms in total. The Morgan fingerprint density at radius 1 is 1.53 bits per heavy atom. The Hall–Kier alpha value is -1.65. The second-order valence-corrected chi connectivity index (χ2v) is 5.59. The number of anilines is 1. The maximum absolute atomic E-state index is 13.9. The van der Waals surface area contributed by atoms with Crippen molar-refractivity contribution in [1.82, 2.24) is 10.3 Å². The minimum Gasteiger partial charge on any atom is -0.371 e. The quantitative estimate of drug-likeness (QED) is 0.856. The number of amides is 1. The lowest BCUT2D eigenvalue weighted by Crippen LogP contribution is -2.31. The van der Waals surface area contributed by atoms with Gasteiger partial charge in [-0.25, -0.2) is 9.37 Å². The zero-order chi connectivity index (χ0) is 13.5. The van der Waals surface area contributed by atoms with Gasteiger partial charge in [0.25, 0.3) is 5.91 Å². The molecule has 1 amide bonds. The molecule has 3 rings (SSSR count). The average molecular weight is 263 g/mol. The van der Waals surface area contributed by atoms with E-state index in [1.165, 1.54) is 37.9 Å². The summed E-state index contributed by atoms with van der Waals surface area (Å²) < 4.78 is 13.9. The van der Waals surface area contributed by atoms with E-state index in [-0.39, 0.29) is 17.3 Å². The Morgan fingerprint density at radius 2 is 2.26 bits per heavy atom. The van der Waals surface area contributed by atoms with Crippen molar-refractivity contribution in [2.75, 3.05) is 18.9 Å². The molecule has 2 aliphatic carbocycles. The van der Waals surface area contributed by atoms with E-state index in [1.54, 1.807) is 7.05 Å². The predicted octanol–water partition coefficient (Wildman–Crippen LogP) is 2.18. The van der Waals surface area contributed by atoms with E-state index < -0.39 is 5.82 Å². The summed E-state index contributed by atoms with van der Waals surface area (Å²) in [5, 5.41) is 5.52. The van der Waals surface area contributed by atoms with Crippen molar-refractivity contribution in [2.45, 2.75) is 25.7 Å². The average Bonchev–Trinajstić information content (AvgIpc) is 3.28. The van der Waals surface area contributed by atoms with Crippen LogP contribution in [0.4, 0.5) is 10.2 Å². The van der Waals surface area contributed by atoms with Gasteiger partial charge in [-0.3, -0.25) is 4.79 Å². The number of nitrogens with one attached hydrogen (secondary N) is 2.